The van der Waals surface area contributed by atoms with Crippen molar-refractivity contribution in [2.24, 2.45) is 0 Å². The highest BCUT2D eigenvalue weighted by Gasteiger charge is 2.25. The van der Waals surface area contributed by atoms with Gasteiger partial charge in [0.05, 0.1) is 12.2 Å². The lowest BCUT2D eigenvalue weighted by Gasteiger charge is -2.35. The maximum absolute atomic E-state index is 12.7. The van der Waals surface area contributed by atoms with Crippen LogP contribution in [0.15, 0.2) is 48.5 Å². The maximum atomic E-state index is 12.7. The fraction of sp³-hybridized carbons (Fsp3) is 0.440. The van der Waals surface area contributed by atoms with E-state index in [9.17, 15) is 9.59 Å². The number of rotatable bonds is 7. The number of nitrogens with zero attached hydrogens (tertiary/aromatic N) is 2. The van der Waals surface area contributed by atoms with Crippen molar-refractivity contribution in [3.05, 3.63) is 59.7 Å². The molecule has 2 aromatic carbocycles. The summed E-state index contributed by atoms with van der Waals surface area (Å²) < 4.78 is 5.61. The lowest BCUT2D eigenvalue weighted by molar-refractivity contribution is -0.125. The summed E-state index contributed by atoms with van der Waals surface area (Å²) in [6.45, 7) is 5.72. The third-order valence-corrected chi connectivity index (χ3v) is 6.28. The Morgan fingerprint density at radius 3 is 2.65 bits per heavy atom. The van der Waals surface area contributed by atoms with Gasteiger partial charge in [0.25, 0.3) is 0 Å². The van der Waals surface area contributed by atoms with Crippen LogP contribution in [0.5, 0.6) is 5.75 Å². The molecule has 31 heavy (non-hydrogen) atoms. The standard InChI is InChI=1S/C25H31N3O3/c1-2-21(27-14-13-19-7-3-4-8-20(19)18-27)17-26-24(29)11-12-25(30)28-15-16-31-23-10-6-5-9-22(23)28/h3-10,21H,2,11-18H2,1H3,(H,26,29). The van der Waals surface area contributed by atoms with Crippen molar-refractivity contribution >= 4 is 17.5 Å². The summed E-state index contributed by atoms with van der Waals surface area (Å²) in [7, 11) is 0. The molecule has 1 N–H and O–H groups in total. The molecule has 0 aliphatic carbocycles. The largest absolute Gasteiger partial charge is 0.490 e. The van der Waals surface area contributed by atoms with Crippen LogP contribution in [-0.2, 0) is 22.6 Å². The summed E-state index contributed by atoms with van der Waals surface area (Å²) >= 11 is 0. The Morgan fingerprint density at radius 1 is 1.03 bits per heavy atom. The minimum atomic E-state index is -0.0641. The molecular formula is C25H31N3O3. The number of carbonyl (C=O) groups excluding carboxylic acids is 2. The molecule has 2 amide bonds. The molecule has 1 unspecified atom stereocenters. The predicted molar refractivity (Wildman–Crippen MR) is 121 cm³/mol. The molecule has 0 bridgehead atoms. The van der Waals surface area contributed by atoms with E-state index in [1.165, 1.54) is 11.1 Å². The number of anilines is 1. The van der Waals surface area contributed by atoms with Gasteiger partial charge in [0.2, 0.25) is 11.8 Å². The summed E-state index contributed by atoms with van der Waals surface area (Å²) in [4.78, 5) is 29.3. The SMILES string of the molecule is CCC(CNC(=O)CCC(=O)N1CCOc2ccccc21)N1CCc2ccccc2C1. The minimum Gasteiger partial charge on any atom is -0.490 e. The second kappa shape index (κ2) is 9.96. The van der Waals surface area contributed by atoms with Gasteiger partial charge in [-0.15, -0.1) is 0 Å². The van der Waals surface area contributed by atoms with Crippen LogP contribution < -0.4 is 15.0 Å². The van der Waals surface area contributed by atoms with Crippen molar-refractivity contribution in [1.82, 2.24) is 10.2 Å². The Bertz CT molecular complexity index is 930. The van der Waals surface area contributed by atoms with E-state index in [0.717, 1.165) is 37.4 Å². The average molecular weight is 422 g/mol. The molecule has 6 heteroatoms. The van der Waals surface area contributed by atoms with Crippen molar-refractivity contribution in [2.75, 3.05) is 31.1 Å². The summed E-state index contributed by atoms with van der Waals surface area (Å²) in [5, 5.41) is 3.06. The van der Waals surface area contributed by atoms with Crippen LogP contribution in [0.1, 0.15) is 37.3 Å². The van der Waals surface area contributed by atoms with Crippen molar-refractivity contribution in [2.45, 2.75) is 45.2 Å². The molecule has 0 saturated heterocycles. The lowest BCUT2D eigenvalue weighted by atomic mass is 9.98. The fourth-order valence-electron chi connectivity index (χ4n) is 4.46. The van der Waals surface area contributed by atoms with Crippen LogP contribution in [0.2, 0.25) is 0 Å². The van der Waals surface area contributed by atoms with Gasteiger partial charge in [-0.05, 0) is 36.1 Å². The van der Waals surface area contributed by atoms with Crippen molar-refractivity contribution in [3.63, 3.8) is 0 Å². The van der Waals surface area contributed by atoms with Gasteiger partial charge in [-0.1, -0.05) is 43.3 Å². The van der Waals surface area contributed by atoms with E-state index in [1.54, 1.807) is 4.90 Å². The third-order valence-electron chi connectivity index (χ3n) is 6.28. The van der Waals surface area contributed by atoms with Crippen molar-refractivity contribution in [1.29, 1.82) is 0 Å². The number of fused-ring (bicyclic) bond motifs is 2. The van der Waals surface area contributed by atoms with Crippen LogP contribution in [0.25, 0.3) is 0 Å². The summed E-state index contributed by atoms with van der Waals surface area (Å²) in [5.74, 6) is 0.622. The van der Waals surface area contributed by atoms with Gasteiger partial charge in [0.1, 0.15) is 12.4 Å². The quantitative estimate of drug-likeness (QED) is 0.746. The number of hydrogen-bond donors (Lipinski definition) is 1. The molecule has 0 radical (unpaired) electrons. The second-order valence-corrected chi connectivity index (χ2v) is 8.22. The second-order valence-electron chi connectivity index (χ2n) is 8.22. The number of nitrogens with one attached hydrogen (secondary N) is 1. The van der Waals surface area contributed by atoms with Crippen molar-refractivity contribution in [3.8, 4) is 5.75 Å². The van der Waals surface area contributed by atoms with E-state index in [-0.39, 0.29) is 24.7 Å². The lowest BCUT2D eigenvalue weighted by Crippen LogP contribution is -2.46. The molecule has 2 heterocycles. The number of amides is 2. The number of carbonyl (C=O) groups is 2. The van der Waals surface area contributed by atoms with Crippen LogP contribution >= 0.6 is 0 Å². The van der Waals surface area contributed by atoms with Crippen LogP contribution in [-0.4, -0.2) is 49.0 Å². The first-order chi connectivity index (χ1) is 15.2. The van der Waals surface area contributed by atoms with Crippen LogP contribution in [0.3, 0.4) is 0 Å². The fourth-order valence-corrected chi connectivity index (χ4v) is 4.46. The molecular weight excluding hydrogens is 390 g/mol. The topological polar surface area (TPSA) is 61.9 Å². The maximum Gasteiger partial charge on any atom is 0.227 e. The van der Waals surface area contributed by atoms with Gasteiger partial charge < -0.3 is 15.0 Å². The van der Waals surface area contributed by atoms with Crippen LogP contribution in [0.4, 0.5) is 5.69 Å². The first kappa shape index (κ1) is 21.4. The van der Waals surface area contributed by atoms with E-state index < -0.39 is 0 Å². The summed E-state index contributed by atoms with van der Waals surface area (Å²) in [6.07, 6.45) is 2.44. The van der Waals surface area contributed by atoms with Gasteiger partial charge in [0.15, 0.2) is 0 Å². The predicted octanol–water partition coefficient (Wildman–Crippen LogP) is 3.15. The molecule has 0 saturated carbocycles. The highest BCUT2D eigenvalue weighted by molar-refractivity contribution is 5.97. The molecule has 4 rings (SSSR count). The molecule has 0 spiro atoms. The van der Waals surface area contributed by atoms with Gasteiger partial charge in [-0.3, -0.25) is 14.5 Å². The van der Waals surface area contributed by atoms with E-state index in [4.69, 9.17) is 4.74 Å². The summed E-state index contributed by atoms with van der Waals surface area (Å²) in [5.41, 5.74) is 3.60. The first-order valence-corrected chi connectivity index (χ1v) is 11.3. The van der Waals surface area contributed by atoms with E-state index in [1.807, 2.05) is 24.3 Å². The Kier molecular flexibility index (Phi) is 6.87. The number of ether oxygens (including phenoxy) is 1. The molecule has 1 atom stereocenters. The molecule has 164 valence electrons. The zero-order valence-electron chi connectivity index (χ0n) is 18.2. The third kappa shape index (κ3) is 5.07. The molecule has 0 fully saturated rings. The normalized spacial score (nSPS) is 16.6. The van der Waals surface area contributed by atoms with Gasteiger partial charge >= 0.3 is 0 Å². The number of benzene rings is 2. The Morgan fingerprint density at radius 2 is 1.81 bits per heavy atom. The van der Waals surface area contributed by atoms with Gasteiger partial charge in [-0.2, -0.15) is 0 Å². The Hall–Kier alpha value is -2.86. The van der Waals surface area contributed by atoms with E-state index in [0.29, 0.717) is 25.7 Å². The minimum absolute atomic E-state index is 0.0365. The number of para-hydroxylation sites is 2. The smallest absolute Gasteiger partial charge is 0.227 e. The van der Waals surface area contributed by atoms with Gasteiger partial charge in [-0.25, -0.2) is 0 Å². The van der Waals surface area contributed by atoms with E-state index >= 15 is 0 Å². The average Bonchev–Trinajstić information content (AvgIpc) is 2.82. The van der Waals surface area contributed by atoms with Gasteiger partial charge in [0, 0.05) is 38.5 Å². The molecule has 2 aromatic rings. The first-order valence-electron chi connectivity index (χ1n) is 11.3. The summed E-state index contributed by atoms with van der Waals surface area (Å²) in [6, 6.07) is 16.4. The Labute approximate surface area is 184 Å². The molecule has 2 aliphatic heterocycles. The monoisotopic (exact) mass is 421 g/mol. The molecule has 6 nitrogen and oxygen atoms in total. The van der Waals surface area contributed by atoms with Crippen LogP contribution in [0, 0.1) is 0 Å². The van der Waals surface area contributed by atoms with Crippen molar-refractivity contribution < 1.29 is 14.3 Å². The zero-order valence-corrected chi connectivity index (χ0v) is 18.2. The molecule has 0 aromatic heterocycles. The highest BCUT2D eigenvalue weighted by Crippen LogP contribution is 2.31. The highest BCUT2D eigenvalue weighted by atomic mass is 16.5. The Balaban J connectivity index is 1.25. The number of hydrogen-bond acceptors (Lipinski definition) is 4. The van der Waals surface area contributed by atoms with E-state index in [2.05, 4.69) is 41.4 Å². The molecule has 2 aliphatic rings. The zero-order chi connectivity index (χ0) is 21.6.